The number of rotatable bonds is 4. The van der Waals surface area contributed by atoms with Crippen LogP contribution in [0.15, 0.2) is 30.3 Å². The Morgan fingerprint density at radius 1 is 1.36 bits per heavy atom. The Bertz CT molecular complexity index is 314. The van der Waals surface area contributed by atoms with Crippen molar-refractivity contribution in [2.24, 2.45) is 0 Å². The Labute approximate surface area is 84.4 Å². The number of hydrogen-bond donors (Lipinski definition) is 0. The third-order valence-corrected chi connectivity index (χ3v) is 1.59. The first-order valence-corrected chi connectivity index (χ1v) is 4.16. The number of halogens is 3. The molecule has 0 atom stereocenters. The molecule has 0 unspecified atom stereocenters. The number of hydrogen-bond acceptors (Lipinski definition) is 2. The van der Waals surface area contributed by atoms with E-state index in [2.05, 4.69) is 4.74 Å². The molecule has 1 rings (SSSR count). The maximum absolute atomic E-state index is 13.1. The second-order valence-electron chi connectivity index (χ2n) is 2.53. The molecule has 0 spiro atoms. The van der Waals surface area contributed by atoms with E-state index in [1.165, 1.54) is 24.3 Å². The van der Waals surface area contributed by atoms with Crippen LogP contribution >= 0.6 is 11.6 Å². The number of carbonyl (C=O) groups excluding carboxylic acids is 1. The Hall–Kier alpha value is -1.00. The van der Waals surface area contributed by atoms with Gasteiger partial charge in [0.25, 0.3) is 0 Å². The molecule has 0 aromatic heterocycles. The molecule has 1 aromatic carbocycles. The standard InChI is InChI=1S/C9H7ClF2O2/c10-8(13)6-14-9(11,12)7-4-2-1-3-5-7/h1-5H,6H2. The van der Waals surface area contributed by atoms with Crippen molar-refractivity contribution >= 4 is 16.8 Å². The molecule has 0 aliphatic heterocycles. The molecule has 0 amide bonds. The van der Waals surface area contributed by atoms with Gasteiger partial charge in [-0.15, -0.1) is 0 Å². The van der Waals surface area contributed by atoms with Crippen molar-refractivity contribution in [3.05, 3.63) is 35.9 Å². The summed E-state index contributed by atoms with van der Waals surface area (Å²) >= 11 is 4.87. The monoisotopic (exact) mass is 220 g/mol. The lowest BCUT2D eigenvalue weighted by Gasteiger charge is -2.15. The van der Waals surface area contributed by atoms with Gasteiger partial charge in [0.2, 0.25) is 5.24 Å². The highest BCUT2D eigenvalue weighted by molar-refractivity contribution is 6.63. The topological polar surface area (TPSA) is 26.3 Å². The van der Waals surface area contributed by atoms with E-state index in [0.29, 0.717) is 0 Å². The highest BCUT2D eigenvalue weighted by atomic mass is 35.5. The van der Waals surface area contributed by atoms with Crippen molar-refractivity contribution in [3.63, 3.8) is 0 Å². The molecule has 14 heavy (non-hydrogen) atoms. The molecule has 2 nitrogen and oxygen atoms in total. The largest absolute Gasteiger partial charge is 0.383 e. The molecule has 0 aliphatic rings. The average molecular weight is 221 g/mol. The summed E-state index contributed by atoms with van der Waals surface area (Å²) in [6, 6.07) is 6.92. The summed E-state index contributed by atoms with van der Waals surface area (Å²) in [5.41, 5.74) is -0.307. The van der Waals surface area contributed by atoms with Crippen LogP contribution in [0, 0.1) is 0 Å². The molecular weight excluding hydrogens is 214 g/mol. The Balaban J connectivity index is 2.70. The SMILES string of the molecule is O=C(Cl)COC(F)(F)c1ccccc1. The van der Waals surface area contributed by atoms with Crippen molar-refractivity contribution in [1.82, 2.24) is 0 Å². The van der Waals surface area contributed by atoms with E-state index in [4.69, 9.17) is 11.6 Å². The Morgan fingerprint density at radius 2 is 1.93 bits per heavy atom. The molecule has 0 N–H and O–H groups in total. The highest BCUT2D eigenvalue weighted by Gasteiger charge is 2.33. The summed E-state index contributed by atoms with van der Waals surface area (Å²) in [5.74, 6) is 0. The Kier molecular flexibility index (Phi) is 3.55. The molecule has 0 heterocycles. The van der Waals surface area contributed by atoms with Crippen LogP contribution in [-0.2, 0) is 15.6 Å². The number of carbonyl (C=O) groups is 1. The fourth-order valence-corrected chi connectivity index (χ4v) is 0.917. The fourth-order valence-electron chi connectivity index (χ4n) is 0.863. The predicted molar refractivity (Wildman–Crippen MR) is 47.1 cm³/mol. The molecule has 1 aromatic rings. The molecule has 0 bridgehead atoms. The summed E-state index contributed by atoms with van der Waals surface area (Å²) in [4.78, 5) is 10.2. The molecule has 0 radical (unpaired) electrons. The Morgan fingerprint density at radius 3 is 2.43 bits per heavy atom. The van der Waals surface area contributed by atoms with Gasteiger partial charge in [0.05, 0.1) is 5.56 Å². The van der Waals surface area contributed by atoms with E-state index in [1.54, 1.807) is 6.07 Å². The van der Waals surface area contributed by atoms with Crippen LogP contribution in [0.2, 0.25) is 0 Å². The van der Waals surface area contributed by atoms with E-state index >= 15 is 0 Å². The van der Waals surface area contributed by atoms with Crippen molar-refractivity contribution in [2.75, 3.05) is 6.61 Å². The highest BCUT2D eigenvalue weighted by Crippen LogP contribution is 2.28. The van der Waals surface area contributed by atoms with Gasteiger partial charge in [-0.2, -0.15) is 8.78 Å². The van der Waals surface area contributed by atoms with Gasteiger partial charge in [0.15, 0.2) is 0 Å². The fraction of sp³-hybridized carbons (Fsp3) is 0.222. The number of alkyl halides is 2. The van der Waals surface area contributed by atoms with Gasteiger partial charge in [-0.25, -0.2) is 0 Å². The summed E-state index contributed by atoms with van der Waals surface area (Å²) < 4.78 is 30.2. The first kappa shape index (κ1) is 11.1. The van der Waals surface area contributed by atoms with E-state index < -0.39 is 18.0 Å². The second-order valence-corrected chi connectivity index (χ2v) is 2.95. The van der Waals surface area contributed by atoms with Crippen LogP contribution in [0.25, 0.3) is 0 Å². The first-order valence-electron chi connectivity index (χ1n) is 3.78. The van der Waals surface area contributed by atoms with Gasteiger partial charge in [0, 0.05) is 0 Å². The van der Waals surface area contributed by atoms with Gasteiger partial charge >= 0.3 is 6.11 Å². The zero-order valence-electron chi connectivity index (χ0n) is 7.04. The molecular formula is C9H7ClF2O2. The van der Waals surface area contributed by atoms with Gasteiger partial charge in [-0.1, -0.05) is 30.3 Å². The number of benzene rings is 1. The van der Waals surface area contributed by atoms with E-state index in [-0.39, 0.29) is 5.56 Å². The molecule has 5 heteroatoms. The normalized spacial score (nSPS) is 11.4. The van der Waals surface area contributed by atoms with Crippen molar-refractivity contribution in [2.45, 2.75) is 6.11 Å². The van der Waals surface area contributed by atoms with Crippen LogP contribution < -0.4 is 0 Å². The van der Waals surface area contributed by atoms with E-state index in [9.17, 15) is 13.6 Å². The molecule has 76 valence electrons. The summed E-state index contributed by atoms with van der Waals surface area (Å²) in [6.07, 6.45) is -3.48. The van der Waals surface area contributed by atoms with Gasteiger partial charge < -0.3 is 4.74 Å². The van der Waals surface area contributed by atoms with Crippen LogP contribution in [0.3, 0.4) is 0 Å². The van der Waals surface area contributed by atoms with Crippen LogP contribution in [0.1, 0.15) is 5.56 Å². The van der Waals surface area contributed by atoms with Crippen LogP contribution in [0.4, 0.5) is 8.78 Å². The van der Waals surface area contributed by atoms with Crippen LogP contribution in [-0.4, -0.2) is 11.8 Å². The lowest BCUT2D eigenvalue weighted by molar-refractivity contribution is -0.244. The molecule has 0 saturated carbocycles. The van der Waals surface area contributed by atoms with Gasteiger partial charge in [0.1, 0.15) is 6.61 Å². The maximum Gasteiger partial charge on any atom is 0.383 e. The minimum Gasteiger partial charge on any atom is -0.307 e. The maximum atomic E-state index is 13.1. The first-order chi connectivity index (χ1) is 6.52. The minimum absolute atomic E-state index is 0.307. The van der Waals surface area contributed by atoms with Crippen molar-refractivity contribution in [1.29, 1.82) is 0 Å². The van der Waals surface area contributed by atoms with E-state index in [0.717, 1.165) is 0 Å². The average Bonchev–Trinajstić information content (AvgIpc) is 2.16. The summed E-state index contributed by atoms with van der Waals surface area (Å²) in [6.45, 7) is -0.816. The van der Waals surface area contributed by atoms with Crippen molar-refractivity contribution < 1.29 is 18.3 Å². The molecule has 0 aliphatic carbocycles. The molecule has 0 fully saturated rings. The second kappa shape index (κ2) is 4.48. The molecule has 0 saturated heterocycles. The zero-order valence-corrected chi connectivity index (χ0v) is 7.80. The lowest BCUT2D eigenvalue weighted by atomic mass is 10.2. The van der Waals surface area contributed by atoms with E-state index in [1.807, 2.05) is 0 Å². The summed E-state index contributed by atoms with van der Waals surface area (Å²) in [7, 11) is 0. The van der Waals surface area contributed by atoms with Gasteiger partial charge in [-0.05, 0) is 11.6 Å². The summed E-state index contributed by atoms with van der Waals surface area (Å²) in [5, 5.41) is -0.958. The van der Waals surface area contributed by atoms with Crippen molar-refractivity contribution in [3.8, 4) is 0 Å². The quantitative estimate of drug-likeness (QED) is 0.729. The van der Waals surface area contributed by atoms with Crippen LogP contribution in [0.5, 0.6) is 0 Å². The third-order valence-electron chi connectivity index (χ3n) is 1.48. The number of ether oxygens (including phenoxy) is 1. The zero-order chi connectivity index (χ0) is 10.6. The third kappa shape index (κ3) is 3.05. The smallest absolute Gasteiger partial charge is 0.307 e. The lowest BCUT2D eigenvalue weighted by Crippen LogP contribution is -2.20. The predicted octanol–water partition coefficient (Wildman–Crippen LogP) is 2.52. The minimum atomic E-state index is -3.48. The van der Waals surface area contributed by atoms with Gasteiger partial charge in [-0.3, -0.25) is 4.79 Å².